The average Bonchev–Trinajstić information content (AvgIpc) is 3.11. The number of carbonyl (C=O) groups is 1. The molecule has 3 rings (SSSR count). The zero-order valence-electron chi connectivity index (χ0n) is 15.4. The lowest BCUT2D eigenvalue weighted by atomic mass is 10.2. The molecule has 3 aliphatic heterocycles. The van der Waals surface area contributed by atoms with Gasteiger partial charge in [0.2, 0.25) is 0 Å². The number of piperazine rings is 1. The Kier molecular flexibility index (Phi) is 6.36. The number of carbonyl (C=O) groups excluding carboxylic acids is 1. The molecule has 0 spiro atoms. The van der Waals surface area contributed by atoms with Gasteiger partial charge in [-0.1, -0.05) is 0 Å². The molecular formula is C17H31N5O3. The monoisotopic (exact) mass is 353 g/mol. The first-order chi connectivity index (χ1) is 12.2. The largest absolute Gasteiger partial charge is 0.450 e. The van der Waals surface area contributed by atoms with E-state index in [0.29, 0.717) is 25.7 Å². The molecule has 2 unspecified atom stereocenters. The van der Waals surface area contributed by atoms with Gasteiger partial charge in [0, 0.05) is 52.4 Å². The van der Waals surface area contributed by atoms with Crippen molar-refractivity contribution in [3.63, 3.8) is 0 Å². The summed E-state index contributed by atoms with van der Waals surface area (Å²) in [6, 6.07) is 0.631. The van der Waals surface area contributed by atoms with Gasteiger partial charge < -0.3 is 24.6 Å². The molecule has 3 saturated heterocycles. The molecule has 0 aromatic heterocycles. The second-order valence-electron chi connectivity index (χ2n) is 6.85. The van der Waals surface area contributed by atoms with E-state index >= 15 is 0 Å². The fraction of sp³-hybridized carbons (Fsp3) is 0.882. The Hall–Kier alpha value is -1.54. The van der Waals surface area contributed by atoms with Gasteiger partial charge in [0.1, 0.15) is 0 Å². The highest BCUT2D eigenvalue weighted by Crippen LogP contribution is 2.22. The van der Waals surface area contributed by atoms with Crippen LogP contribution in [0, 0.1) is 0 Å². The van der Waals surface area contributed by atoms with Crippen LogP contribution in [0.2, 0.25) is 0 Å². The predicted octanol–water partition coefficient (Wildman–Crippen LogP) is 0.199. The number of amides is 1. The lowest BCUT2D eigenvalue weighted by Crippen LogP contribution is -2.56. The van der Waals surface area contributed by atoms with Crippen LogP contribution in [0.15, 0.2) is 4.99 Å². The number of hydrogen-bond acceptors (Lipinski definition) is 5. The van der Waals surface area contributed by atoms with Gasteiger partial charge in [-0.15, -0.1) is 0 Å². The molecule has 0 bridgehead atoms. The highest BCUT2D eigenvalue weighted by Gasteiger charge is 2.32. The van der Waals surface area contributed by atoms with Crippen LogP contribution >= 0.6 is 0 Å². The molecule has 1 N–H and O–H groups in total. The third kappa shape index (κ3) is 4.55. The quantitative estimate of drug-likeness (QED) is 0.577. The maximum Gasteiger partial charge on any atom is 0.409 e. The molecule has 142 valence electrons. The van der Waals surface area contributed by atoms with Crippen molar-refractivity contribution in [2.75, 3.05) is 66.1 Å². The van der Waals surface area contributed by atoms with Crippen LogP contribution in [0.4, 0.5) is 4.79 Å². The lowest BCUT2D eigenvalue weighted by molar-refractivity contribution is -0.0455. The topological polar surface area (TPSA) is 69.6 Å². The van der Waals surface area contributed by atoms with Gasteiger partial charge in [-0.3, -0.25) is 9.89 Å². The van der Waals surface area contributed by atoms with Crippen LogP contribution < -0.4 is 5.32 Å². The van der Waals surface area contributed by atoms with Gasteiger partial charge in [0.05, 0.1) is 19.3 Å². The number of hydrogen-bond donors (Lipinski definition) is 1. The Morgan fingerprint density at radius 3 is 2.72 bits per heavy atom. The maximum absolute atomic E-state index is 11.8. The van der Waals surface area contributed by atoms with E-state index in [1.165, 1.54) is 19.4 Å². The highest BCUT2D eigenvalue weighted by atomic mass is 16.6. The normalized spacial score (nSPS) is 28.0. The Labute approximate surface area is 150 Å². The Morgan fingerprint density at radius 1 is 1.24 bits per heavy atom. The van der Waals surface area contributed by atoms with E-state index in [-0.39, 0.29) is 12.2 Å². The van der Waals surface area contributed by atoms with Crippen molar-refractivity contribution in [3.05, 3.63) is 0 Å². The van der Waals surface area contributed by atoms with Crippen LogP contribution in [-0.2, 0) is 9.47 Å². The van der Waals surface area contributed by atoms with E-state index in [0.717, 1.165) is 38.7 Å². The summed E-state index contributed by atoms with van der Waals surface area (Å²) in [7, 11) is 1.80. The molecule has 0 saturated carbocycles. The molecule has 0 aromatic rings. The molecule has 1 amide bonds. The SMILES string of the molecule is CCOC(=O)N1CCN(C(=NC)NCC2CN3CCCC3CO2)CC1. The molecular weight excluding hydrogens is 322 g/mol. The smallest absolute Gasteiger partial charge is 0.409 e. The Morgan fingerprint density at radius 2 is 2.00 bits per heavy atom. The van der Waals surface area contributed by atoms with Gasteiger partial charge in [-0.05, 0) is 26.3 Å². The van der Waals surface area contributed by atoms with E-state index < -0.39 is 0 Å². The molecule has 0 radical (unpaired) electrons. The van der Waals surface area contributed by atoms with Crippen LogP contribution in [0.5, 0.6) is 0 Å². The van der Waals surface area contributed by atoms with Crippen molar-refractivity contribution >= 4 is 12.1 Å². The summed E-state index contributed by atoms with van der Waals surface area (Å²) < 4.78 is 11.1. The molecule has 25 heavy (non-hydrogen) atoms. The van der Waals surface area contributed by atoms with Crippen LogP contribution in [0.3, 0.4) is 0 Å². The number of rotatable bonds is 3. The number of guanidine groups is 1. The molecule has 8 nitrogen and oxygen atoms in total. The minimum absolute atomic E-state index is 0.215. The van der Waals surface area contributed by atoms with E-state index in [2.05, 4.69) is 20.1 Å². The molecule has 8 heteroatoms. The molecule has 0 aliphatic carbocycles. The van der Waals surface area contributed by atoms with E-state index in [9.17, 15) is 4.79 Å². The minimum Gasteiger partial charge on any atom is -0.450 e. The second-order valence-corrected chi connectivity index (χ2v) is 6.85. The van der Waals surface area contributed by atoms with Crippen LogP contribution in [-0.4, -0.2) is 105 Å². The zero-order chi connectivity index (χ0) is 17.6. The summed E-state index contributed by atoms with van der Waals surface area (Å²) in [5, 5.41) is 3.45. The maximum atomic E-state index is 11.8. The molecule has 3 heterocycles. The van der Waals surface area contributed by atoms with Crippen molar-refractivity contribution in [3.8, 4) is 0 Å². The molecule has 0 aromatic carbocycles. The van der Waals surface area contributed by atoms with Crippen LogP contribution in [0.1, 0.15) is 19.8 Å². The third-order valence-electron chi connectivity index (χ3n) is 5.27. The van der Waals surface area contributed by atoms with E-state index in [1.54, 1.807) is 11.9 Å². The van der Waals surface area contributed by atoms with Crippen molar-refractivity contribution in [1.82, 2.24) is 20.0 Å². The summed E-state index contributed by atoms with van der Waals surface area (Å²) in [6.07, 6.45) is 2.56. The van der Waals surface area contributed by atoms with Gasteiger partial charge in [-0.2, -0.15) is 0 Å². The van der Waals surface area contributed by atoms with Gasteiger partial charge in [-0.25, -0.2) is 4.79 Å². The van der Waals surface area contributed by atoms with Crippen molar-refractivity contribution < 1.29 is 14.3 Å². The Bertz CT molecular complexity index is 479. The third-order valence-corrected chi connectivity index (χ3v) is 5.27. The summed E-state index contributed by atoms with van der Waals surface area (Å²) in [4.78, 5) is 22.7. The summed E-state index contributed by atoms with van der Waals surface area (Å²) >= 11 is 0. The number of fused-ring (bicyclic) bond motifs is 1. The summed E-state index contributed by atoms with van der Waals surface area (Å²) in [6.45, 7) is 8.93. The summed E-state index contributed by atoms with van der Waals surface area (Å²) in [5.41, 5.74) is 0. The lowest BCUT2D eigenvalue weighted by Gasteiger charge is -2.38. The minimum atomic E-state index is -0.221. The highest BCUT2D eigenvalue weighted by molar-refractivity contribution is 5.80. The number of nitrogens with one attached hydrogen (secondary N) is 1. The van der Waals surface area contributed by atoms with Crippen molar-refractivity contribution in [1.29, 1.82) is 0 Å². The Balaban J connectivity index is 1.42. The van der Waals surface area contributed by atoms with Gasteiger partial charge in [0.15, 0.2) is 5.96 Å². The second kappa shape index (κ2) is 8.71. The fourth-order valence-electron chi connectivity index (χ4n) is 3.86. The number of morpholine rings is 1. The van der Waals surface area contributed by atoms with E-state index in [4.69, 9.17) is 9.47 Å². The molecule has 2 atom stereocenters. The summed E-state index contributed by atoms with van der Waals surface area (Å²) in [5.74, 6) is 0.885. The van der Waals surface area contributed by atoms with Crippen LogP contribution in [0.25, 0.3) is 0 Å². The fourth-order valence-corrected chi connectivity index (χ4v) is 3.86. The molecule has 3 fully saturated rings. The standard InChI is InChI=1S/C17H31N5O3/c1-3-24-17(23)21-9-7-20(8-10-21)16(18-2)19-11-15-12-22-6-4-5-14(22)13-25-15/h14-15H,3-13H2,1-2H3,(H,18,19). The first-order valence-corrected chi connectivity index (χ1v) is 9.44. The predicted molar refractivity (Wildman–Crippen MR) is 95.9 cm³/mol. The zero-order valence-corrected chi connectivity index (χ0v) is 15.4. The number of nitrogens with zero attached hydrogens (tertiary/aromatic N) is 4. The average molecular weight is 353 g/mol. The van der Waals surface area contributed by atoms with Gasteiger partial charge >= 0.3 is 6.09 Å². The van der Waals surface area contributed by atoms with Crippen molar-refractivity contribution in [2.24, 2.45) is 4.99 Å². The van der Waals surface area contributed by atoms with E-state index in [1.807, 2.05) is 6.92 Å². The molecule has 3 aliphatic rings. The van der Waals surface area contributed by atoms with Crippen molar-refractivity contribution in [2.45, 2.75) is 31.9 Å². The first-order valence-electron chi connectivity index (χ1n) is 9.44. The first kappa shape index (κ1) is 18.3. The number of aliphatic imine (C=N–C) groups is 1. The van der Waals surface area contributed by atoms with Gasteiger partial charge in [0.25, 0.3) is 0 Å². The number of ether oxygens (including phenoxy) is 2.